The predicted molar refractivity (Wildman–Crippen MR) is 92.3 cm³/mol. The SMILES string of the molecule is CCCNc1nc(Cc2ccc(C)c(C)c2)ncc1I. The second-order valence-corrected chi connectivity index (χ2v) is 6.17. The van der Waals surface area contributed by atoms with E-state index in [1.165, 1.54) is 16.7 Å². The molecule has 0 atom stereocenters. The number of hydrogen-bond acceptors (Lipinski definition) is 3. The summed E-state index contributed by atoms with van der Waals surface area (Å²) in [6.45, 7) is 7.36. The van der Waals surface area contributed by atoms with Gasteiger partial charge in [0, 0.05) is 19.2 Å². The first-order valence-corrected chi connectivity index (χ1v) is 7.99. The Morgan fingerprint density at radius 1 is 1.20 bits per heavy atom. The number of anilines is 1. The Morgan fingerprint density at radius 3 is 2.70 bits per heavy atom. The fourth-order valence-electron chi connectivity index (χ4n) is 1.95. The van der Waals surface area contributed by atoms with Crippen molar-refractivity contribution in [2.24, 2.45) is 0 Å². The third-order valence-corrected chi connectivity index (χ3v) is 4.06. The van der Waals surface area contributed by atoms with Gasteiger partial charge in [-0.15, -0.1) is 0 Å². The molecule has 0 saturated heterocycles. The fraction of sp³-hybridized carbons (Fsp3) is 0.375. The summed E-state index contributed by atoms with van der Waals surface area (Å²) in [6.07, 6.45) is 3.76. The van der Waals surface area contributed by atoms with Crippen LogP contribution in [0.2, 0.25) is 0 Å². The summed E-state index contributed by atoms with van der Waals surface area (Å²) >= 11 is 2.27. The van der Waals surface area contributed by atoms with Crippen LogP contribution in [0.1, 0.15) is 35.9 Å². The maximum absolute atomic E-state index is 4.63. The van der Waals surface area contributed by atoms with Crippen molar-refractivity contribution in [2.75, 3.05) is 11.9 Å². The molecule has 0 aliphatic heterocycles. The molecule has 0 spiro atoms. The number of nitrogens with zero attached hydrogens (tertiary/aromatic N) is 2. The number of benzene rings is 1. The number of halogens is 1. The molecule has 2 rings (SSSR count). The standard InChI is InChI=1S/C16H20IN3/c1-4-7-18-16-14(17)10-19-15(20-16)9-13-6-5-11(2)12(3)8-13/h5-6,8,10H,4,7,9H2,1-3H3,(H,18,19,20). The number of nitrogens with one attached hydrogen (secondary N) is 1. The van der Waals surface area contributed by atoms with E-state index in [-0.39, 0.29) is 0 Å². The van der Waals surface area contributed by atoms with Gasteiger partial charge in [-0.3, -0.25) is 0 Å². The zero-order valence-electron chi connectivity index (χ0n) is 12.2. The van der Waals surface area contributed by atoms with Crippen molar-refractivity contribution >= 4 is 28.4 Å². The number of hydrogen-bond donors (Lipinski definition) is 1. The minimum Gasteiger partial charge on any atom is -0.369 e. The average Bonchev–Trinajstić information content (AvgIpc) is 2.43. The van der Waals surface area contributed by atoms with Crippen LogP contribution in [0.15, 0.2) is 24.4 Å². The molecule has 0 saturated carbocycles. The van der Waals surface area contributed by atoms with E-state index < -0.39 is 0 Å². The highest BCUT2D eigenvalue weighted by molar-refractivity contribution is 14.1. The van der Waals surface area contributed by atoms with Crippen LogP contribution in [0.4, 0.5) is 5.82 Å². The molecule has 20 heavy (non-hydrogen) atoms. The van der Waals surface area contributed by atoms with Crippen molar-refractivity contribution in [3.8, 4) is 0 Å². The highest BCUT2D eigenvalue weighted by Crippen LogP contribution is 2.17. The molecule has 1 heterocycles. The number of aromatic nitrogens is 2. The quantitative estimate of drug-likeness (QED) is 0.793. The van der Waals surface area contributed by atoms with E-state index in [9.17, 15) is 0 Å². The van der Waals surface area contributed by atoms with Gasteiger partial charge in [0.25, 0.3) is 0 Å². The summed E-state index contributed by atoms with van der Waals surface area (Å²) in [5.41, 5.74) is 3.90. The Kier molecular flexibility index (Phi) is 5.34. The second-order valence-electron chi connectivity index (χ2n) is 5.00. The van der Waals surface area contributed by atoms with Crippen LogP contribution >= 0.6 is 22.6 Å². The van der Waals surface area contributed by atoms with Gasteiger partial charge in [0.05, 0.1) is 3.57 Å². The largest absolute Gasteiger partial charge is 0.369 e. The van der Waals surface area contributed by atoms with Crippen LogP contribution in [-0.2, 0) is 6.42 Å². The van der Waals surface area contributed by atoms with Crippen LogP contribution in [-0.4, -0.2) is 16.5 Å². The van der Waals surface area contributed by atoms with Crippen molar-refractivity contribution < 1.29 is 0 Å². The van der Waals surface area contributed by atoms with E-state index in [0.717, 1.165) is 34.6 Å². The zero-order valence-corrected chi connectivity index (χ0v) is 14.4. The summed E-state index contributed by atoms with van der Waals surface area (Å²) in [5.74, 6) is 1.81. The first-order chi connectivity index (χ1) is 9.60. The van der Waals surface area contributed by atoms with Crippen LogP contribution in [0, 0.1) is 17.4 Å². The summed E-state index contributed by atoms with van der Waals surface area (Å²) in [5, 5.41) is 3.35. The maximum atomic E-state index is 4.63. The van der Waals surface area contributed by atoms with Crippen molar-refractivity contribution in [1.82, 2.24) is 9.97 Å². The molecule has 4 heteroatoms. The van der Waals surface area contributed by atoms with E-state index in [1.54, 1.807) is 0 Å². The van der Waals surface area contributed by atoms with E-state index in [4.69, 9.17) is 0 Å². The monoisotopic (exact) mass is 381 g/mol. The normalized spacial score (nSPS) is 10.6. The molecular weight excluding hydrogens is 361 g/mol. The lowest BCUT2D eigenvalue weighted by atomic mass is 10.0. The maximum Gasteiger partial charge on any atom is 0.143 e. The van der Waals surface area contributed by atoms with E-state index >= 15 is 0 Å². The first-order valence-electron chi connectivity index (χ1n) is 6.91. The molecule has 2 aromatic rings. The van der Waals surface area contributed by atoms with Crippen molar-refractivity contribution in [3.63, 3.8) is 0 Å². The van der Waals surface area contributed by atoms with Gasteiger partial charge in [-0.25, -0.2) is 9.97 Å². The third kappa shape index (κ3) is 3.91. The molecule has 0 unspecified atom stereocenters. The lowest BCUT2D eigenvalue weighted by Gasteiger charge is -2.09. The first kappa shape index (κ1) is 15.2. The fourth-order valence-corrected chi connectivity index (χ4v) is 2.40. The van der Waals surface area contributed by atoms with Crippen LogP contribution in [0.3, 0.4) is 0 Å². The van der Waals surface area contributed by atoms with Crippen LogP contribution in [0.25, 0.3) is 0 Å². The van der Waals surface area contributed by atoms with Crippen molar-refractivity contribution in [1.29, 1.82) is 0 Å². The molecule has 0 aliphatic carbocycles. The molecule has 0 bridgehead atoms. The smallest absolute Gasteiger partial charge is 0.143 e. The molecule has 1 aromatic carbocycles. The minimum absolute atomic E-state index is 0.777. The topological polar surface area (TPSA) is 37.8 Å². The van der Waals surface area contributed by atoms with E-state index in [1.807, 2.05) is 6.20 Å². The highest BCUT2D eigenvalue weighted by Gasteiger charge is 2.06. The summed E-state index contributed by atoms with van der Waals surface area (Å²) in [4.78, 5) is 9.06. The second kappa shape index (κ2) is 7.02. The Bertz CT molecular complexity index is 596. The van der Waals surface area contributed by atoms with Crippen molar-refractivity contribution in [3.05, 3.63) is 50.5 Å². The van der Waals surface area contributed by atoms with Gasteiger partial charge in [0.1, 0.15) is 11.6 Å². The van der Waals surface area contributed by atoms with E-state index in [2.05, 4.69) is 76.8 Å². The van der Waals surface area contributed by atoms with Crippen LogP contribution in [0.5, 0.6) is 0 Å². The molecule has 0 aliphatic rings. The van der Waals surface area contributed by atoms with Gasteiger partial charge in [-0.2, -0.15) is 0 Å². The summed E-state index contributed by atoms with van der Waals surface area (Å²) < 4.78 is 1.07. The molecule has 0 radical (unpaired) electrons. The van der Waals surface area contributed by atoms with Gasteiger partial charge in [0.2, 0.25) is 0 Å². The molecule has 106 valence electrons. The molecule has 1 N–H and O–H groups in total. The Balaban J connectivity index is 2.18. The summed E-state index contributed by atoms with van der Waals surface area (Å²) in [7, 11) is 0. The lowest BCUT2D eigenvalue weighted by molar-refractivity contribution is 0.925. The molecule has 0 amide bonds. The Labute approximate surface area is 134 Å². The van der Waals surface area contributed by atoms with Gasteiger partial charge in [-0.05, 0) is 59.5 Å². The molecular formula is C16H20IN3. The summed E-state index contributed by atoms with van der Waals surface area (Å²) in [6, 6.07) is 6.53. The van der Waals surface area contributed by atoms with Crippen molar-refractivity contribution in [2.45, 2.75) is 33.6 Å². The van der Waals surface area contributed by atoms with Gasteiger partial charge >= 0.3 is 0 Å². The predicted octanol–water partition coefficient (Wildman–Crippen LogP) is 4.11. The Morgan fingerprint density at radius 2 is 2.00 bits per heavy atom. The highest BCUT2D eigenvalue weighted by atomic mass is 127. The molecule has 0 fully saturated rings. The van der Waals surface area contributed by atoms with Crippen LogP contribution < -0.4 is 5.32 Å². The lowest BCUT2D eigenvalue weighted by Crippen LogP contribution is -2.07. The third-order valence-electron chi connectivity index (χ3n) is 3.27. The van der Waals surface area contributed by atoms with Gasteiger partial charge < -0.3 is 5.32 Å². The zero-order chi connectivity index (χ0) is 14.5. The van der Waals surface area contributed by atoms with Gasteiger partial charge in [-0.1, -0.05) is 25.1 Å². The van der Waals surface area contributed by atoms with E-state index in [0.29, 0.717) is 0 Å². The molecule has 3 nitrogen and oxygen atoms in total. The average molecular weight is 381 g/mol. The number of rotatable bonds is 5. The minimum atomic E-state index is 0.777. The Hall–Kier alpha value is -1.17. The van der Waals surface area contributed by atoms with Gasteiger partial charge in [0.15, 0.2) is 0 Å². The number of aryl methyl sites for hydroxylation is 2. The molecule has 1 aromatic heterocycles.